The van der Waals surface area contributed by atoms with Crippen LogP contribution in [0.25, 0.3) is 0 Å². The zero-order chi connectivity index (χ0) is 12.8. The van der Waals surface area contributed by atoms with Gasteiger partial charge in [-0.15, -0.1) is 0 Å². The molecule has 0 fully saturated rings. The molecule has 0 spiro atoms. The lowest BCUT2D eigenvalue weighted by Gasteiger charge is -2.25. The van der Waals surface area contributed by atoms with Crippen molar-refractivity contribution in [1.29, 1.82) is 0 Å². The third kappa shape index (κ3) is 3.57. The van der Waals surface area contributed by atoms with Gasteiger partial charge in [0.05, 0.1) is 12.0 Å². The molecule has 1 aromatic rings. The molecule has 0 bridgehead atoms. The topological polar surface area (TPSA) is 89.5 Å². The number of carboxylic acid groups (broad SMARTS) is 1. The zero-order valence-electron chi connectivity index (χ0n) is 9.42. The maximum Gasteiger partial charge on any atom is 0.220 e. The van der Waals surface area contributed by atoms with Gasteiger partial charge in [-0.3, -0.25) is 4.79 Å². The summed E-state index contributed by atoms with van der Waals surface area (Å²) < 4.78 is 0. The first-order chi connectivity index (χ1) is 8.06. The maximum absolute atomic E-state index is 11.1. The molecule has 92 valence electrons. The Hall–Kier alpha value is -1.88. The van der Waals surface area contributed by atoms with E-state index in [1.165, 1.54) is 0 Å². The van der Waals surface area contributed by atoms with Crippen LogP contribution in [0.5, 0.6) is 0 Å². The summed E-state index contributed by atoms with van der Waals surface area (Å²) in [6.07, 6.45) is -1.18. The quantitative estimate of drug-likeness (QED) is 0.712. The summed E-state index contributed by atoms with van der Waals surface area (Å²) in [6.45, 7) is 1.59. The normalized spacial score (nSPS) is 13.8. The fourth-order valence-corrected chi connectivity index (χ4v) is 1.38. The average Bonchev–Trinajstić information content (AvgIpc) is 2.35. The molecule has 0 saturated heterocycles. The lowest BCUT2D eigenvalue weighted by Crippen LogP contribution is -2.51. The third-order valence-electron chi connectivity index (χ3n) is 2.35. The van der Waals surface area contributed by atoms with Crippen molar-refractivity contribution >= 4 is 11.9 Å². The highest BCUT2D eigenvalue weighted by molar-refractivity contribution is 5.83. The Kier molecular flexibility index (Phi) is 4.66. The summed E-state index contributed by atoms with van der Waals surface area (Å²) >= 11 is 0. The molecule has 17 heavy (non-hydrogen) atoms. The molecule has 1 rings (SSSR count). The molecule has 0 heterocycles. The third-order valence-corrected chi connectivity index (χ3v) is 2.35. The molecule has 0 saturated carbocycles. The number of benzene rings is 1. The van der Waals surface area contributed by atoms with Crippen molar-refractivity contribution in [2.24, 2.45) is 0 Å². The molecule has 2 N–H and O–H groups in total. The molecular formula is C12H14NO4-. The number of carboxylic acids is 1. The lowest BCUT2D eigenvalue weighted by molar-refractivity contribution is -0.310. The van der Waals surface area contributed by atoms with E-state index in [0.717, 1.165) is 0 Å². The number of rotatable bonds is 5. The van der Waals surface area contributed by atoms with Crippen LogP contribution in [-0.2, 0) is 9.59 Å². The molecular weight excluding hydrogens is 222 g/mol. The highest BCUT2D eigenvalue weighted by Gasteiger charge is 2.23. The van der Waals surface area contributed by atoms with Gasteiger partial charge >= 0.3 is 0 Å². The van der Waals surface area contributed by atoms with E-state index in [1.807, 2.05) is 0 Å². The summed E-state index contributed by atoms with van der Waals surface area (Å²) in [5.41, 5.74) is 0.415. The second-order valence-corrected chi connectivity index (χ2v) is 3.57. The first-order valence-corrected chi connectivity index (χ1v) is 5.29. The molecule has 5 heteroatoms. The summed E-state index contributed by atoms with van der Waals surface area (Å²) in [7, 11) is 0. The SMILES string of the molecule is CCC(=O)NC(C(=O)[O-])C(O)c1ccccc1. The molecule has 2 atom stereocenters. The maximum atomic E-state index is 11.1. The van der Waals surface area contributed by atoms with Crippen molar-refractivity contribution < 1.29 is 19.8 Å². The van der Waals surface area contributed by atoms with Gasteiger partial charge in [-0.2, -0.15) is 0 Å². The van der Waals surface area contributed by atoms with Crippen LogP contribution < -0.4 is 10.4 Å². The van der Waals surface area contributed by atoms with Crippen LogP contribution in [0.15, 0.2) is 30.3 Å². The Balaban J connectivity index is 2.84. The first-order valence-electron chi connectivity index (χ1n) is 5.29. The Labute approximate surface area is 99.1 Å². The van der Waals surface area contributed by atoms with Crippen molar-refractivity contribution in [2.75, 3.05) is 0 Å². The molecule has 0 aliphatic heterocycles. The summed E-state index contributed by atoms with van der Waals surface area (Å²) in [4.78, 5) is 22.0. The number of carbonyl (C=O) groups is 2. The monoisotopic (exact) mass is 236 g/mol. The minimum atomic E-state index is -1.51. The van der Waals surface area contributed by atoms with Gasteiger partial charge in [0.15, 0.2) is 0 Å². The Morgan fingerprint density at radius 3 is 2.41 bits per heavy atom. The highest BCUT2D eigenvalue weighted by Crippen LogP contribution is 2.16. The zero-order valence-corrected chi connectivity index (χ0v) is 9.42. The number of aliphatic hydroxyl groups excluding tert-OH is 1. The van der Waals surface area contributed by atoms with Crippen LogP contribution in [0.1, 0.15) is 25.0 Å². The summed E-state index contributed by atoms with van der Waals surface area (Å²) in [5, 5.41) is 23.0. The van der Waals surface area contributed by atoms with E-state index in [0.29, 0.717) is 5.56 Å². The highest BCUT2D eigenvalue weighted by atomic mass is 16.4. The van der Waals surface area contributed by atoms with E-state index >= 15 is 0 Å². The van der Waals surface area contributed by atoms with Gasteiger partial charge in [-0.25, -0.2) is 0 Å². The van der Waals surface area contributed by atoms with Crippen molar-refractivity contribution in [3.8, 4) is 0 Å². The molecule has 1 amide bonds. The van der Waals surface area contributed by atoms with E-state index in [4.69, 9.17) is 0 Å². The molecule has 5 nitrogen and oxygen atoms in total. The van der Waals surface area contributed by atoms with Crippen LogP contribution in [0.2, 0.25) is 0 Å². The molecule has 0 aromatic heterocycles. The van der Waals surface area contributed by atoms with Crippen LogP contribution >= 0.6 is 0 Å². The summed E-state index contributed by atoms with van der Waals surface area (Å²) in [5.74, 6) is -1.96. The molecule has 0 aliphatic carbocycles. The minimum absolute atomic E-state index is 0.144. The van der Waals surface area contributed by atoms with E-state index in [9.17, 15) is 19.8 Å². The number of amides is 1. The minimum Gasteiger partial charge on any atom is -0.548 e. The number of aliphatic carboxylic acids is 1. The fraction of sp³-hybridized carbons (Fsp3) is 0.333. The average molecular weight is 236 g/mol. The van der Waals surface area contributed by atoms with Crippen molar-refractivity contribution in [3.05, 3.63) is 35.9 Å². The summed E-state index contributed by atoms with van der Waals surface area (Å²) in [6, 6.07) is 6.82. The van der Waals surface area contributed by atoms with Gasteiger partial charge in [-0.05, 0) is 5.56 Å². The van der Waals surface area contributed by atoms with Gasteiger partial charge < -0.3 is 20.3 Å². The van der Waals surface area contributed by atoms with Gasteiger partial charge in [0, 0.05) is 6.42 Å². The standard InChI is InChI=1S/C12H15NO4/c1-2-9(14)13-10(12(16)17)11(15)8-6-4-3-5-7-8/h3-7,10-11,15H,2H2,1H3,(H,13,14)(H,16,17)/p-1. The predicted octanol–water partition coefficient (Wildman–Crippen LogP) is -0.635. The van der Waals surface area contributed by atoms with E-state index < -0.39 is 24.0 Å². The van der Waals surface area contributed by atoms with E-state index in [2.05, 4.69) is 5.32 Å². The fourth-order valence-electron chi connectivity index (χ4n) is 1.38. The Bertz CT molecular complexity index is 391. The van der Waals surface area contributed by atoms with E-state index in [-0.39, 0.29) is 6.42 Å². The molecule has 0 aliphatic rings. The predicted molar refractivity (Wildman–Crippen MR) is 58.6 cm³/mol. The van der Waals surface area contributed by atoms with Gasteiger partial charge in [0.1, 0.15) is 6.10 Å². The van der Waals surface area contributed by atoms with Gasteiger partial charge in [0.25, 0.3) is 0 Å². The van der Waals surface area contributed by atoms with Crippen molar-refractivity contribution in [3.63, 3.8) is 0 Å². The number of carbonyl (C=O) groups excluding carboxylic acids is 2. The second-order valence-electron chi connectivity index (χ2n) is 3.57. The second kappa shape index (κ2) is 6.00. The van der Waals surface area contributed by atoms with Crippen molar-refractivity contribution in [1.82, 2.24) is 5.32 Å². The van der Waals surface area contributed by atoms with Crippen LogP contribution in [0.4, 0.5) is 0 Å². The largest absolute Gasteiger partial charge is 0.548 e. The van der Waals surface area contributed by atoms with Crippen LogP contribution in [0, 0.1) is 0 Å². The number of nitrogens with one attached hydrogen (secondary N) is 1. The Morgan fingerprint density at radius 2 is 1.94 bits per heavy atom. The number of aliphatic hydroxyl groups is 1. The first kappa shape index (κ1) is 13.2. The molecule has 0 radical (unpaired) electrons. The molecule has 2 unspecified atom stereocenters. The van der Waals surface area contributed by atoms with Gasteiger partial charge in [-0.1, -0.05) is 37.3 Å². The van der Waals surface area contributed by atoms with Crippen LogP contribution in [-0.4, -0.2) is 23.0 Å². The number of hydrogen-bond acceptors (Lipinski definition) is 4. The van der Waals surface area contributed by atoms with E-state index in [1.54, 1.807) is 37.3 Å². The smallest absolute Gasteiger partial charge is 0.220 e. The van der Waals surface area contributed by atoms with Crippen molar-refractivity contribution in [2.45, 2.75) is 25.5 Å². The van der Waals surface area contributed by atoms with Gasteiger partial charge in [0.2, 0.25) is 5.91 Å². The lowest BCUT2D eigenvalue weighted by atomic mass is 10.0. The number of hydrogen-bond donors (Lipinski definition) is 2. The molecule has 1 aromatic carbocycles. The Morgan fingerprint density at radius 1 is 1.35 bits per heavy atom. The van der Waals surface area contributed by atoms with Crippen LogP contribution in [0.3, 0.4) is 0 Å².